The zero-order valence-electron chi connectivity index (χ0n) is 12.5. The minimum Gasteiger partial charge on any atom is -0.353 e. The van der Waals surface area contributed by atoms with Gasteiger partial charge in [-0.05, 0) is 26.8 Å². The van der Waals surface area contributed by atoms with Gasteiger partial charge in [0.05, 0.1) is 11.4 Å². The van der Waals surface area contributed by atoms with Gasteiger partial charge < -0.3 is 5.32 Å². The van der Waals surface area contributed by atoms with Crippen LogP contribution in [0.25, 0.3) is 0 Å². The summed E-state index contributed by atoms with van der Waals surface area (Å²) in [6.07, 6.45) is 0. The van der Waals surface area contributed by atoms with Crippen LogP contribution in [0.4, 0.5) is 0 Å². The molecule has 1 rings (SSSR count). The Kier molecular flexibility index (Phi) is 5.29. The summed E-state index contributed by atoms with van der Waals surface area (Å²) >= 11 is 0. The molecule has 0 aliphatic heterocycles. The van der Waals surface area contributed by atoms with Crippen molar-refractivity contribution < 1.29 is 13.2 Å². The summed E-state index contributed by atoms with van der Waals surface area (Å²) < 4.78 is 25.9. The zero-order valence-corrected chi connectivity index (χ0v) is 13.4. The van der Waals surface area contributed by atoms with Crippen LogP contribution in [0.2, 0.25) is 0 Å². The Hall–Kier alpha value is -1.41. The fourth-order valence-electron chi connectivity index (χ4n) is 1.78. The molecule has 1 aromatic heterocycles. The number of sulfonamides is 1. The van der Waals surface area contributed by atoms with Crippen LogP contribution in [0.1, 0.15) is 24.4 Å². The number of hydrogen-bond donors (Lipinski definition) is 1. The van der Waals surface area contributed by atoms with E-state index in [4.69, 9.17) is 0 Å². The predicted molar refractivity (Wildman–Crippen MR) is 76.9 cm³/mol. The Morgan fingerprint density at radius 2 is 2.05 bits per heavy atom. The van der Waals surface area contributed by atoms with Crippen molar-refractivity contribution in [2.75, 3.05) is 26.4 Å². The van der Waals surface area contributed by atoms with E-state index in [0.717, 1.165) is 15.7 Å². The molecule has 0 radical (unpaired) electrons. The summed E-state index contributed by atoms with van der Waals surface area (Å²) in [5.74, 6) is -0.361. The molecule has 0 bridgehead atoms. The molecule has 0 spiro atoms. The topological polar surface area (TPSA) is 84.3 Å². The Bertz CT molecular complexity index is 578. The molecule has 8 heteroatoms. The second-order valence-electron chi connectivity index (χ2n) is 4.94. The van der Waals surface area contributed by atoms with E-state index < -0.39 is 16.1 Å². The number of rotatable bonds is 6. The summed E-state index contributed by atoms with van der Waals surface area (Å²) in [6, 6.07) is 1.42. The fourth-order valence-corrected chi connectivity index (χ4v) is 2.51. The lowest BCUT2D eigenvalue weighted by Crippen LogP contribution is -2.37. The third-order valence-electron chi connectivity index (χ3n) is 3.01. The highest BCUT2D eigenvalue weighted by Crippen LogP contribution is 2.10. The number of hydrogen-bond acceptors (Lipinski definition) is 4. The third kappa shape index (κ3) is 4.04. The molecule has 7 nitrogen and oxygen atoms in total. The molecule has 1 N–H and O–H groups in total. The smallest absolute Gasteiger partial charge is 0.244 e. The fraction of sp³-hybridized carbons (Fsp3) is 0.667. The van der Waals surface area contributed by atoms with E-state index in [2.05, 4.69) is 10.4 Å². The molecule has 0 aliphatic rings. The minimum atomic E-state index is -3.29. The molecule has 1 amide bonds. The van der Waals surface area contributed by atoms with Crippen molar-refractivity contribution >= 4 is 15.9 Å². The Morgan fingerprint density at radius 1 is 1.45 bits per heavy atom. The lowest BCUT2D eigenvalue weighted by atomic mass is 10.3. The Morgan fingerprint density at radius 3 is 2.50 bits per heavy atom. The van der Waals surface area contributed by atoms with E-state index in [9.17, 15) is 13.2 Å². The highest BCUT2D eigenvalue weighted by atomic mass is 32.2. The summed E-state index contributed by atoms with van der Waals surface area (Å²) in [7, 11) is -0.356. The van der Waals surface area contributed by atoms with E-state index in [1.54, 1.807) is 11.6 Å². The van der Waals surface area contributed by atoms with E-state index in [1.807, 2.05) is 19.9 Å². The molecule has 0 unspecified atom stereocenters. The molecule has 0 fully saturated rings. The van der Waals surface area contributed by atoms with Crippen LogP contribution in [0.15, 0.2) is 6.07 Å². The van der Waals surface area contributed by atoms with Crippen molar-refractivity contribution in [3.05, 3.63) is 17.5 Å². The molecular formula is C12H22N4O3S. The Balaban J connectivity index is 2.58. The summed E-state index contributed by atoms with van der Waals surface area (Å²) in [5.41, 5.74) is 1.74. The molecule has 0 aliphatic carbocycles. The van der Waals surface area contributed by atoms with Crippen LogP contribution < -0.4 is 5.32 Å². The molecule has 0 saturated heterocycles. The highest BCUT2D eigenvalue weighted by Gasteiger charge is 2.19. The average molecular weight is 302 g/mol. The average Bonchev–Trinajstić information content (AvgIpc) is 2.66. The number of carbonyl (C=O) groups is 1. The van der Waals surface area contributed by atoms with Gasteiger partial charge in [0, 0.05) is 26.3 Å². The number of aryl methyl sites for hydroxylation is 2. The van der Waals surface area contributed by atoms with E-state index in [-0.39, 0.29) is 18.2 Å². The number of nitrogens with zero attached hydrogens (tertiary/aromatic N) is 3. The van der Waals surface area contributed by atoms with Crippen molar-refractivity contribution in [1.29, 1.82) is 0 Å². The molecule has 0 saturated carbocycles. The van der Waals surface area contributed by atoms with E-state index >= 15 is 0 Å². The van der Waals surface area contributed by atoms with Crippen LogP contribution in [0.3, 0.4) is 0 Å². The first kappa shape index (κ1) is 16.6. The SMILES string of the molecule is Cc1cc(C)n([C@@H](C)C(=O)NCCS(=O)(=O)N(C)C)n1. The van der Waals surface area contributed by atoms with Crippen molar-refractivity contribution in [2.24, 2.45) is 0 Å². The van der Waals surface area contributed by atoms with Crippen molar-refractivity contribution in [3.8, 4) is 0 Å². The lowest BCUT2D eigenvalue weighted by Gasteiger charge is -2.15. The van der Waals surface area contributed by atoms with E-state index in [1.165, 1.54) is 14.1 Å². The minimum absolute atomic E-state index is 0.0863. The monoisotopic (exact) mass is 302 g/mol. The van der Waals surface area contributed by atoms with E-state index in [0.29, 0.717) is 0 Å². The first-order valence-electron chi connectivity index (χ1n) is 6.36. The first-order valence-corrected chi connectivity index (χ1v) is 7.96. The van der Waals surface area contributed by atoms with Gasteiger partial charge in [-0.3, -0.25) is 9.48 Å². The van der Waals surface area contributed by atoms with Gasteiger partial charge in [-0.1, -0.05) is 0 Å². The van der Waals surface area contributed by atoms with Crippen LogP contribution >= 0.6 is 0 Å². The normalized spacial score (nSPS) is 13.5. The predicted octanol–water partition coefficient (Wildman–Crippen LogP) is 0.0685. The van der Waals surface area contributed by atoms with Gasteiger partial charge in [0.2, 0.25) is 15.9 Å². The number of nitrogens with one attached hydrogen (secondary N) is 1. The van der Waals surface area contributed by atoms with Gasteiger partial charge in [0.25, 0.3) is 0 Å². The quantitative estimate of drug-likeness (QED) is 0.806. The van der Waals surface area contributed by atoms with Gasteiger partial charge in [-0.15, -0.1) is 0 Å². The van der Waals surface area contributed by atoms with Crippen LogP contribution in [-0.4, -0.2) is 54.8 Å². The first-order chi connectivity index (χ1) is 9.15. The van der Waals surface area contributed by atoms with Gasteiger partial charge in [0.15, 0.2) is 0 Å². The maximum atomic E-state index is 12.0. The Labute approximate surface area is 120 Å². The lowest BCUT2D eigenvalue weighted by molar-refractivity contribution is -0.124. The van der Waals surface area contributed by atoms with Crippen LogP contribution in [-0.2, 0) is 14.8 Å². The molecule has 114 valence electrons. The molecule has 20 heavy (non-hydrogen) atoms. The second-order valence-corrected chi connectivity index (χ2v) is 7.24. The largest absolute Gasteiger partial charge is 0.353 e. The summed E-state index contributed by atoms with van der Waals surface area (Å²) in [4.78, 5) is 12.0. The molecule has 1 aromatic rings. The van der Waals surface area contributed by atoms with Crippen molar-refractivity contribution in [3.63, 3.8) is 0 Å². The molecular weight excluding hydrogens is 280 g/mol. The maximum Gasteiger partial charge on any atom is 0.244 e. The number of carbonyl (C=O) groups excluding carboxylic acids is 1. The summed E-state index contributed by atoms with van der Waals surface area (Å²) in [6.45, 7) is 5.55. The zero-order chi connectivity index (χ0) is 15.5. The molecule has 0 aromatic carbocycles. The van der Waals surface area contributed by atoms with Gasteiger partial charge in [-0.25, -0.2) is 12.7 Å². The van der Waals surface area contributed by atoms with Gasteiger partial charge >= 0.3 is 0 Å². The van der Waals surface area contributed by atoms with Crippen LogP contribution in [0.5, 0.6) is 0 Å². The number of amides is 1. The summed E-state index contributed by atoms with van der Waals surface area (Å²) in [5, 5.41) is 6.87. The molecule has 1 heterocycles. The second kappa shape index (κ2) is 6.36. The highest BCUT2D eigenvalue weighted by molar-refractivity contribution is 7.89. The van der Waals surface area contributed by atoms with Crippen molar-refractivity contribution in [2.45, 2.75) is 26.8 Å². The molecule has 1 atom stereocenters. The van der Waals surface area contributed by atoms with Crippen LogP contribution in [0, 0.1) is 13.8 Å². The van der Waals surface area contributed by atoms with Crippen molar-refractivity contribution in [1.82, 2.24) is 19.4 Å². The number of aromatic nitrogens is 2. The third-order valence-corrected chi connectivity index (χ3v) is 4.84. The van der Waals surface area contributed by atoms with Gasteiger partial charge in [-0.2, -0.15) is 5.10 Å². The van der Waals surface area contributed by atoms with Gasteiger partial charge in [0.1, 0.15) is 6.04 Å². The standard InChI is InChI=1S/C12H22N4O3S/c1-9-8-10(2)16(14-9)11(3)12(17)13-6-7-20(18,19)15(4)5/h8,11H,6-7H2,1-5H3,(H,13,17)/t11-/m0/s1. The maximum absolute atomic E-state index is 12.0.